The molecule has 0 aliphatic carbocycles. The molecule has 0 radical (unpaired) electrons. The molecule has 3 rings (SSSR count). The van der Waals surface area contributed by atoms with Crippen LogP contribution >= 0.6 is 0 Å². The Bertz CT molecular complexity index is 899. The molecular formula is C24H23NO3. The fraction of sp³-hybridized carbons (Fsp3) is 0.167. The van der Waals surface area contributed by atoms with Gasteiger partial charge in [-0.05, 0) is 36.6 Å². The molecule has 0 heterocycles. The normalized spacial score (nSPS) is 11.7. The minimum absolute atomic E-state index is 0.325. The summed E-state index contributed by atoms with van der Waals surface area (Å²) in [4.78, 5) is 25.2. The summed E-state index contributed by atoms with van der Waals surface area (Å²) in [6.07, 6.45) is -0.915. The third-order valence-electron chi connectivity index (χ3n) is 4.57. The van der Waals surface area contributed by atoms with Crippen molar-refractivity contribution in [2.24, 2.45) is 0 Å². The molecule has 4 nitrogen and oxygen atoms in total. The van der Waals surface area contributed by atoms with Crippen LogP contribution in [0.25, 0.3) is 0 Å². The molecule has 1 amide bonds. The molecule has 0 fully saturated rings. The number of hydrogen-bond donors (Lipinski definition) is 1. The van der Waals surface area contributed by atoms with Crippen LogP contribution in [-0.2, 0) is 9.53 Å². The lowest BCUT2D eigenvalue weighted by molar-refractivity contribution is -0.129. The molecule has 0 unspecified atom stereocenters. The van der Waals surface area contributed by atoms with Gasteiger partial charge in [0.25, 0.3) is 5.91 Å². The smallest absolute Gasteiger partial charge is 0.339 e. The van der Waals surface area contributed by atoms with Crippen molar-refractivity contribution in [2.75, 3.05) is 0 Å². The van der Waals surface area contributed by atoms with E-state index in [1.807, 2.05) is 79.7 Å². The first kappa shape index (κ1) is 19.4. The van der Waals surface area contributed by atoms with Gasteiger partial charge in [0, 0.05) is 0 Å². The number of hydrogen-bond acceptors (Lipinski definition) is 3. The lowest BCUT2D eigenvalue weighted by Crippen LogP contribution is -2.38. The molecule has 0 saturated heterocycles. The molecule has 4 heteroatoms. The summed E-state index contributed by atoms with van der Waals surface area (Å²) in [5.74, 6) is -0.851. The summed E-state index contributed by atoms with van der Waals surface area (Å²) in [5, 5.41) is 3.00. The minimum Gasteiger partial charge on any atom is -0.449 e. The average Bonchev–Trinajstić information content (AvgIpc) is 2.73. The number of benzene rings is 3. The van der Waals surface area contributed by atoms with E-state index in [-0.39, 0.29) is 11.9 Å². The van der Waals surface area contributed by atoms with Crippen LogP contribution in [0.15, 0.2) is 84.9 Å². The van der Waals surface area contributed by atoms with Crippen LogP contribution in [0.4, 0.5) is 0 Å². The van der Waals surface area contributed by atoms with Gasteiger partial charge in [-0.15, -0.1) is 0 Å². The molecule has 3 aromatic rings. The van der Waals surface area contributed by atoms with Crippen molar-refractivity contribution >= 4 is 11.9 Å². The molecule has 28 heavy (non-hydrogen) atoms. The molecule has 0 saturated carbocycles. The second-order valence-electron chi connectivity index (χ2n) is 6.63. The highest BCUT2D eigenvalue weighted by atomic mass is 16.5. The summed E-state index contributed by atoms with van der Waals surface area (Å²) in [7, 11) is 0. The molecule has 0 spiro atoms. The SMILES string of the molecule is Cc1ccccc1C(=O)O[C@H](C)C(=O)NC(c1ccccc1)c1ccccc1. The summed E-state index contributed by atoms with van der Waals surface area (Å²) in [6.45, 7) is 3.42. The lowest BCUT2D eigenvalue weighted by atomic mass is 9.98. The summed E-state index contributed by atoms with van der Waals surface area (Å²) in [5.41, 5.74) is 3.19. The second kappa shape index (κ2) is 9.00. The molecule has 0 bridgehead atoms. The zero-order valence-corrected chi connectivity index (χ0v) is 16.0. The summed E-state index contributed by atoms with van der Waals surface area (Å²) >= 11 is 0. The Kier molecular flexibility index (Phi) is 6.22. The van der Waals surface area contributed by atoms with Crippen LogP contribution in [0.3, 0.4) is 0 Å². The predicted molar refractivity (Wildman–Crippen MR) is 109 cm³/mol. The fourth-order valence-electron chi connectivity index (χ4n) is 2.99. The largest absolute Gasteiger partial charge is 0.449 e. The van der Waals surface area contributed by atoms with E-state index in [1.54, 1.807) is 19.1 Å². The average molecular weight is 373 g/mol. The van der Waals surface area contributed by atoms with Gasteiger partial charge in [0.15, 0.2) is 6.10 Å². The van der Waals surface area contributed by atoms with E-state index in [0.717, 1.165) is 16.7 Å². The van der Waals surface area contributed by atoms with Crippen molar-refractivity contribution in [3.05, 3.63) is 107 Å². The van der Waals surface area contributed by atoms with Gasteiger partial charge in [-0.3, -0.25) is 4.79 Å². The van der Waals surface area contributed by atoms with E-state index in [0.29, 0.717) is 5.56 Å². The number of esters is 1. The Balaban J connectivity index is 1.75. The van der Waals surface area contributed by atoms with Crippen molar-refractivity contribution in [2.45, 2.75) is 26.0 Å². The molecule has 0 aliphatic heterocycles. The highest BCUT2D eigenvalue weighted by Crippen LogP contribution is 2.22. The molecule has 142 valence electrons. The monoisotopic (exact) mass is 373 g/mol. The van der Waals surface area contributed by atoms with Crippen molar-refractivity contribution in [3.63, 3.8) is 0 Å². The molecule has 0 aliphatic rings. The molecule has 3 aromatic carbocycles. The van der Waals surface area contributed by atoms with Crippen LogP contribution in [0.1, 0.15) is 40.0 Å². The Morgan fingerprint density at radius 3 is 1.82 bits per heavy atom. The highest BCUT2D eigenvalue weighted by molar-refractivity contribution is 5.93. The Hall–Kier alpha value is -3.40. The van der Waals surface area contributed by atoms with Crippen LogP contribution in [0.2, 0.25) is 0 Å². The maximum Gasteiger partial charge on any atom is 0.339 e. The number of nitrogens with one attached hydrogen (secondary N) is 1. The number of rotatable bonds is 6. The quantitative estimate of drug-likeness (QED) is 0.650. The van der Waals surface area contributed by atoms with E-state index in [2.05, 4.69) is 5.32 Å². The highest BCUT2D eigenvalue weighted by Gasteiger charge is 2.24. The van der Waals surface area contributed by atoms with Crippen molar-refractivity contribution in [3.8, 4) is 0 Å². The molecule has 1 atom stereocenters. The second-order valence-corrected chi connectivity index (χ2v) is 6.63. The first-order chi connectivity index (χ1) is 13.6. The van der Waals surface area contributed by atoms with Crippen molar-refractivity contribution in [1.82, 2.24) is 5.32 Å². The number of carbonyl (C=O) groups excluding carboxylic acids is 2. The number of carbonyl (C=O) groups is 2. The Labute approximate surface area is 165 Å². The molecule has 1 N–H and O–H groups in total. The predicted octanol–water partition coefficient (Wildman–Crippen LogP) is 4.45. The number of aryl methyl sites for hydroxylation is 1. The van der Waals surface area contributed by atoms with Gasteiger partial charge < -0.3 is 10.1 Å². The number of amides is 1. The van der Waals surface area contributed by atoms with E-state index in [4.69, 9.17) is 4.74 Å². The van der Waals surface area contributed by atoms with Crippen LogP contribution in [-0.4, -0.2) is 18.0 Å². The van der Waals surface area contributed by atoms with E-state index in [1.165, 1.54) is 0 Å². The topological polar surface area (TPSA) is 55.4 Å². The van der Waals surface area contributed by atoms with Gasteiger partial charge >= 0.3 is 5.97 Å². The fourth-order valence-corrected chi connectivity index (χ4v) is 2.99. The van der Waals surface area contributed by atoms with Gasteiger partial charge in [-0.2, -0.15) is 0 Å². The Morgan fingerprint density at radius 2 is 1.29 bits per heavy atom. The van der Waals surface area contributed by atoms with E-state index >= 15 is 0 Å². The Morgan fingerprint density at radius 1 is 0.786 bits per heavy atom. The van der Waals surface area contributed by atoms with Gasteiger partial charge in [-0.25, -0.2) is 4.79 Å². The molecular weight excluding hydrogens is 350 g/mol. The van der Waals surface area contributed by atoms with Crippen LogP contribution in [0, 0.1) is 6.92 Å². The maximum atomic E-state index is 12.8. The summed E-state index contributed by atoms with van der Waals surface area (Å²) < 4.78 is 5.40. The van der Waals surface area contributed by atoms with Crippen molar-refractivity contribution < 1.29 is 14.3 Å². The lowest BCUT2D eigenvalue weighted by Gasteiger charge is -2.22. The molecule has 0 aromatic heterocycles. The van der Waals surface area contributed by atoms with Crippen LogP contribution in [0.5, 0.6) is 0 Å². The zero-order chi connectivity index (χ0) is 19.9. The van der Waals surface area contributed by atoms with Gasteiger partial charge in [0.2, 0.25) is 0 Å². The van der Waals surface area contributed by atoms with E-state index in [9.17, 15) is 9.59 Å². The van der Waals surface area contributed by atoms with Gasteiger partial charge in [-0.1, -0.05) is 78.9 Å². The standard InChI is InChI=1S/C24H23NO3/c1-17-11-9-10-16-21(17)24(27)28-18(2)23(26)25-22(19-12-5-3-6-13-19)20-14-7-4-8-15-20/h3-16,18,22H,1-2H3,(H,25,26)/t18-/m1/s1. The number of ether oxygens (including phenoxy) is 1. The maximum absolute atomic E-state index is 12.8. The van der Waals surface area contributed by atoms with E-state index < -0.39 is 12.1 Å². The summed E-state index contributed by atoms with van der Waals surface area (Å²) in [6, 6.07) is 26.3. The zero-order valence-electron chi connectivity index (χ0n) is 16.0. The first-order valence-corrected chi connectivity index (χ1v) is 9.23. The first-order valence-electron chi connectivity index (χ1n) is 9.23. The van der Waals surface area contributed by atoms with Gasteiger partial charge in [0.1, 0.15) is 0 Å². The third-order valence-corrected chi connectivity index (χ3v) is 4.57. The van der Waals surface area contributed by atoms with Gasteiger partial charge in [0.05, 0.1) is 11.6 Å². The minimum atomic E-state index is -0.915. The van der Waals surface area contributed by atoms with Crippen LogP contribution < -0.4 is 5.32 Å². The third kappa shape index (κ3) is 4.65. The van der Waals surface area contributed by atoms with Crippen molar-refractivity contribution in [1.29, 1.82) is 0 Å².